The minimum absolute atomic E-state index is 0.0166. The van der Waals surface area contributed by atoms with Crippen molar-refractivity contribution < 1.29 is 21.6 Å². The minimum Gasteiger partial charge on any atom is -0.287 e. The van der Waals surface area contributed by atoms with Gasteiger partial charge in [0.2, 0.25) is 5.78 Å². The van der Waals surface area contributed by atoms with Crippen LogP contribution in [0.4, 0.5) is 5.69 Å². The lowest BCUT2D eigenvalue weighted by atomic mass is 9.92. The molecule has 196 valence electrons. The first-order valence-electron chi connectivity index (χ1n) is 12.0. The predicted octanol–water partition coefficient (Wildman–Crippen LogP) is 5.46. The molecule has 39 heavy (non-hydrogen) atoms. The van der Waals surface area contributed by atoms with E-state index in [4.69, 9.17) is 0 Å². The van der Waals surface area contributed by atoms with Crippen molar-refractivity contribution in [1.82, 2.24) is 0 Å². The Hall–Kier alpha value is -4.34. The Kier molecular flexibility index (Phi) is 6.80. The highest BCUT2D eigenvalue weighted by Gasteiger charge is 2.36. The molecule has 1 aliphatic rings. The van der Waals surface area contributed by atoms with Crippen LogP contribution >= 0.6 is 0 Å². The molecule has 0 amide bonds. The number of aryl methyl sites for hydroxylation is 2. The van der Waals surface area contributed by atoms with Crippen LogP contribution in [0.1, 0.15) is 27.0 Å². The maximum absolute atomic E-state index is 14.0. The summed E-state index contributed by atoms with van der Waals surface area (Å²) < 4.78 is 59.6. The molecule has 0 saturated carbocycles. The molecule has 4 aromatic rings. The molecule has 0 atom stereocenters. The number of allylic oxidation sites excluding steroid dienone is 2. The molecule has 0 aromatic heterocycles. The van der Waals surface area contributed by atoms with E-state index in [-0.39, 0.29) is 32.5 Å². The number of fused-ring (bicyclic) bond motifs is 1. The molecular formula is C30H24N2O5S2. The van der Waals surface area contributed by atoms with Crippen LogP contribution in [0.5, 0.6) is 0 Å². The van der Waals surface area contributed by atoms with Gasteiger partial charge in [-0.25, -0.2) is 12.7 Å². The molecule has 1 aliphatic carbocycles. The summed E-state index contributed by atoms with van der Waals surface area (Å²) in [6, 6.07) is 27.1. The van der Waals surface area contributed by atoms with Crippen molar-refractivity contribution in [3.8, 4) is 0 Å². The highest BCUT2D eigenvalue weighted by atomic mass is 32.2. The summed E-state index contributed by atoms with van der Waals surface area (Å²) in [7, 11) is -8.47. The number of nitrogens with zero attached hydrogens (tertiary/aromatic N) is 2. The second kappa shape index (κ2) is 10.1. The van der Waals surface area contributed by atoms with Crippen LogP contribution in [-0.4, -0.2) is 28.3 Å². The Bertz CT molecular complexity index is 1840. The van der Waals surface area contributed by atoms with Crippen molar-refractivity contribution in [2.75, 3.05) is 4.31 Å². The number of Topliss-reactive ketones (excluding diaryl/α,β-unsaturated/α-hetero) is 1. The summed E-state index contributed by atoms with van der Waals surface area (Å²) in [5, 5.41) is 0. The summed E-state index contributed by atoms with van der Waals surface area (Å²) in [6.07, 6.45) is 1.23. The van der Waals surface area contributed by atoms with Gasteiger partial charge >= 0.3 is 0 Å². The molecular weight excluding hydrogens is 532 g/mol. The van der Waals surface area contributed by atoms with Crippen molar-refractivity contribution in [2.45, 2.75) is 23.6 Å². The molecule has 0 saturated heterocycles. The van der Waals surface area contributed by atoms with Gasteiger partial charge in [-0.15, -0.1) is 0 Å². The summed E-state index contributed by atoms with van der Waals surface area (Å²) in [6.45, 7) is 3.68. The molecule has 9 heteroatoms. The number of carbonyl (C=O) groups is 1. The van der Waals surface area contributed by atoms with Crippen LogP contribution in [0.2, 0.25) is 0 Å². The molecule has 7 nitrogen and oxygen atoms in total. The monoisotopic (exact) mass is 556 g/mol. The topological polar surface area (TPSA) is 101 Å². The molecule has 0 aliphatic heterocycles. The lowest BCUT2D eigenvalue weighted by molar-refractivity contribution is 0.103. The van der Waals surface area contributed by atoms with Crippen molar-refractivity contribution >= 4 is 37.2 Å². The maximum atomic E-state index is 14.0. The van der Waals surface area contributed by atoms with Gasteiger partial charge in [0.1, 0.15) is 5.70 Å². The van der Waals surface area contributed by atoms with Crippen LogP contribution < -0.4 is 4.31 Å². The summed E-state index contributed by atoms with van der Waals surface area (Å²) in [5.74, 6) is -0.572. The fourth-order valence-electron chi connectivity index (χ4n) is 4.22. The first-order chi connectivity index (χ1) is 18.6. The summed E-state index contributed by atoms with van der Waals surface area (Å²) in [5.41, 5.74) is 2.14. The van der Waals surface area contributed by atoms with E-state index in [1.807, 2.05) is 13.8 Å². The van der Waals surface area contributed by atoms with E-state index in [0.717, 1.165) is 15.4 Å². The third-order valence-corrected chi connectivity index (χ3v) is 9.32. The van der Waals surface area contributed by atoms with Crippen molar-refractivity contribution in [1.29, 1.82) is 0 Å². The van der Waals surface area contributed by atoms with E-state index < -0.39 is 25.8 Å². The summed E-state index contributed by atoms with van der Waals surface area (Å²) in [4.78, 5) is 13.8. The van der Waals surface area contributed by atoms with Gasteiger partial charge in [0.05, 0.1) is 21.2 Å². The van der Waals surface area contributed by atoms with Gasteiger partial charge in [0.15, 0.2) is 0 Å². The lowest BCUT2D eigenvalue weighted by Gasteiger charge is -2.29. The Morgan fingerprint density at radius 2 is 1.13 bits per heavy atom. The standard InChI is InChI=1S/C30H24N2O5S2/c1-21-12-16-24(17-13-21)38(34,35)31-28-20-29(30(33)27-11-7-6-10-26(27)28)32(23-8-4-3-5-9-23)39(36,37)25-18-14-22(2)15-19-25/h3-20H,1-2H3/b31-28-. The number of para-hydroxylation sites is 1. The highest BCUT2D eigenvalue weighted by molar-refractivity contribution is 7.93. The Labute approximate surface area is 227 Å². The van der Waals surface area contributed by atoms with Gasteiger partial charge < -0.3 is 0 Å². The minimum atomic E-state index is -4.29. The number of benzene rings is 4. The average Bonchev–Trinajstić information content (AvgIpc) is 2.92. The number of ketones is 1. The number of hydrogen-bond donors (Lipinski definition) is 0. The molecule has 0 spiro atoms. The molecule has 0 fully saturated rings. The SMILES string of the molecule is Cc1ccc(S(=O)(=O)/N=C2/C=C(N(c3ccccc3)S(=O)(=O)c3ccc(C)cc3)C(=O)c3ccccc32)cc1. The normalized spacial score (nSPS) is 14.6. The van der Waals surface area contributed by atoms with E-state index in [0.29, 0.717) is 5.56 Å². The van der Waals surface area contributed by atoms with Gasteiger partial charge in [0, 0.05) is 11.1 Å². The van der Waals surface area contributed by atoms with Crippen LogP contribution in [0.15, 0.2) is 129 Å². The van der Waals surface area contributed by atoms with Crippen LogP contribution in [-0.2, 0) is 20.0 Å². The Balaban J connectivity index is 1.75. The number of hydrogen-bond acceptors (Lipinski definition) is 5. The van der Waals surface area contributed by atoms with E-state index in [2.05, 4.69) is 4.40 Å². The molecule has 0 heterocycles. The molecule has 0 bridgehead atoms. The molecule has 0 radical (unpaired) electrons. The number of carbonyl (C=O) groups excluding carboxylic acids is 1. The third kappa shape index (κ3) is 5.06. The van der Waals surface area contributed by atoms with Gasteiger partial charge in [-0.3, -0.25) is 4.79 Å². The predicted molar refractivity (Wildman–Crippen MR) is 151 cm³/mol. The maximum Gasteiger partial charge on any atom is 0.282 e. The fraction of sp³-hybridized carbons (Fsp3) is 0.0667. The van der Waals surface area contributed by atoms with Crippen LogP contribution in [0.25, 0.3) is 0 Å². The van der Waals surface area contributed by atoms with E-state index in [9.17, 15) is 21.6 Å². The second-order valence-corrected chi connectivity index (χ2v) is 12.5. The van der Waals surface area contributed by atoms with Gasteiger partial charge in [-0.05, 0) is 56.3 Å². The van der Waals surface area contributed by atoms with E-state index >= 15 is 0 Å². The third-order valence-electron chi connectivity index (χ3n) is 6.26. The Morgan fingerprint density at radius 1 is 0.615 bits per heavy atom. The first kappa shape index (κ1) is 26.3. The quantitative estimate of drug-likeness (QED) is 0.314. The van der Waals surface area contributed by atoms with Gasteiger partial charge in [-0.2, -0.15) is 12.8 Å². The van der Waals surface area contributed by atoms with Crippen LogP contribution in [0.3, 0.4) is 0 Å². The second-order valence-electron chi connectivity index (χ2n) is 9.09. The largest absolute Gasteiger partial charge is 0.287 e. The zero-order valence-electron chi connectivity index (χ0n) is 21.1. The smallest absolute Gasteiger partial charge is 0.282 e. The first-order valence-corrected chi connectivity index (χ1v) is 14.9. The van der Waals surface area contributed by atoms with Crippen molar-refractivity contribution in [2.24, 2.45) is 4.40 Å². The molecule has 4 aromatic carbocycles. The molecule has 0 unspecified atom stereocenters. The van der Waals surface area contributed by atoms with Crippen molar-refractivity contribution in [3.05, 3.63) is 137 Å². The number of rotatable bonds is 6. The van der Waals surface area contributed by atoms with Gasteiger partial charge in [0.25, 0.3) is 20.0 Å². The fourth-order valence-corrected chi connectivity index (χ4v) is 6.70. The lowest BCUT2D eigenvalue weighted by Crippen LogP contribution is -2.36. The van der Waals surface area contributed by atoms with E-state index in [1.54, 1.807) is 72.8 Å². The zero-order valence-corrected chi connectivity index (χ0v) is 22.8. The van der Waals surface area contributed by atoms with Gasteiger partial charge in [-0.1, -0.05) is 77.9 Å². The summed E-state index contributed by atoms with van der Waals surface area (Å²) >= 11 is 0. The zero-order chi connectivity index (χ0) is 27.8. The molecule has 0 N–H and O–H groups in total. The average molecular weight is 557 g/mol. The highest BCUT2D eigenvalue weighted by Crippen LogP contribution is 2.33. The number of sulfonamides is 2. The number of anilines is 1. The van der Waals surface area contributed by atoms with E-state index in [1.165, 1.54) is 36.4 Å². The molecule has 5 rings (SSSR count). The van der Waals surface area contributed by atoms with Crippen molar-refractivity contribution in [3.63, 3.8) is 0 Å². The van der Waals surface area contributed by atoms with Crippen LogP contribution in [0, 0.1) is 13.8 Å². The Morgan fingerprint density at radius 3 is 1.72 bits per heavy atom.